The fourth-order valence-electron chi connectivity index (χ4n) is 2.16. The predicted octanol–water partition coefficient (Wildman–Crippen LogP) is 2.79. The third-order valence-corrected chi connectivity index (χ3v) is 4.99. The van der Waals surface area contributed by atoms with Crippen molar-refractivity contribution in [2.24, 2.45) is 0 Å². The fraction of sp³-hybridized carbons (Fsp3) is 0.333. The maximum Gasteiger partial charge on any atom is 0.297 e. The van der Waals surface area contributed by atoms with E-state index < -0.39 is 10.1 Å². The van der Waals surface area contributed by atoms with Crippen LogP contribution in [0.1, 0.15) is 11.1 Å². The molecule has 0 spiro atoms. The second kappa shape index (κ2) is 11.5. The van der Waals surface area contributed by atoms with E-state index in [1.54, 1.807) is 12.1 Å². The Hall–Kier alpha value is -2.37. The summed E-state index contributed by atoms with van der Waals surface area (Å²) in [7, 11) is -3.75. The number of rotatable bonds is 12. The average Bonchev–Trinajstić information content (AvgIpc) is 2.70. The predicted molar refractivity (Wildman–Crippen MR) is 106 cm³/mol. The zero-order chi connectivity index (χ0) is 20.2. The Bertz CT molecular complexity index is 851. The van der Waals surface area contributed by atoms with Gasteiger partial charge in [0.2, 0.25) is 0 Å². The van der Waals surface area contributed by atoms with Gasteiger partial charge in [0.25, 0.3) is 10.1 Å². The molecule has 0 bridgehead atoms. The molecule has 0 heterocycles. The summed E-state index contributed by atoms with van der Waals surface area (Å²) in [4.78, 5) is 0.135. The summed E-state index contributed by atoms with van der Waals surface area (Å²) < 4.78 is 45.1. The average molecular weight is 404 g/mol. The molecule has 6 nitrogen and oxygen atoms in total. The van der Waals surface area contributed by atoms with Crippen LogP contribution in [0.15, 0.2) is 53.4 Å². The van der Waals surface area contributed by atoms with Crippen LogP contribution in [0.2, 0.25) is 0 Å². The van der Waals surface area contributed by atoms with Gasteiger partial charge in [-0.05, 0) is 43.3 Å². The molecule has 0 aliphatic carbocycles. The highest BCUT2D eigenvalue weighted by Gasteiger charge is 2.14. The van der Waals surface area contributed by atoms with E-state index in [0.29, 0.717) is 26.4 Å². The molecule has 2 aromatic carbocycles. The van der Waals surface area contributed by atoms with Gasteiger partial charge < -0.3 is 14.2 Å². The van der Waals surface area contributed by atoms with Crippen molar-refractivity contribution in [3.8, 4) is 18.1 Å². The number of aryl methyl sites for hydroxylation is 1. The molecule has 0 atom stereocenters. The van der Waals surface area contributed by atoms with Crippen LogP contribution in [0.4, 0.5) is 0 Å². The van der Waals surface area contributed by atoms with E-state index in [9.17, 15) is 8.42 Å². The number of hydrogen-bond donors (Lipinski definition) is 0. The molecule has 2 rings (SSSR count). The highest BCUT2D eigenvalue weighted by atomic mass is 32.2. The molecule has 150 valence electrons. The second-order valence-electron chi connectivity index (χ2n) is 5.83. The van der Waals surface area contributed by atoms with E-state index in [-0.39, 0.29) is 18.1 Å². The minimum Gasteiger partial charge on any atom is -0.491 e. The summed E-state index contributed by atoms with van der Waals surface area (Å²) in [6.07, 6.45) is 5.29. The number of ether oxygens (including phenoxy) is 3. The van der Waals surface area contributed by atoms with E-state index in [2.05, 4.69) is 5.92 Å². The number of hydrogen-bond acceptors (Lipinski definition) is 6. The highest BCUT2D eigenvalue weighted by Crippen LogP contribution is 2.13. The monoisotopic (exact) mass is 404 g/mol. The van der Waals surface area contributed by atoms with Crippen molar-refractivity contribution in [2.45, 2.75) is 11.8 Å². The highest BCUT2D eigenvalue weighted by molar-refractivity contribution is 7.86. The standard InChI is InChI=1S/C21H24O6S/c1-3-19-6-8-20(9-7-19)26-16-14-24-12-13-25-15-17-27-28(22,23)21-10-4-18(2)5-11-21/h1,4-11H,12-17H2,2H3. The van der Waals surface area contributed by atoms with E-state index in [1.165, 1.54) is 12.1 Å². The maximum absolute atomic E-state index is 12.0. The van der Waals surface area contributed by atoms with Gasteiger partial charge in [-0.2, -0.15) is 8.42 Å². The SMILES string of the molecule is C#Cc1ccc(OCCOCCOCCOS(=O)(=O)c2ccc(C)cc2)cc1. The van der Waals surface area contributed by atoms with Gasteiger partial charge in [-0.25, -0.2) is 0 Å². The Kier molecular flexibility index (Phi) is 8.98. The lowest BCUT2D eigenvalue weighted by Gasteiger charge is -2.08. The smallest absolute Gasteiger partial charge is 0.297 e. The Labute approximate surface area is 166 Å². The van der Waals surface area contributed by atoms with Gasteiger partial charge in [0.1, 0.15) is 12.4 Å². The zero-order valence-corrected chi connectivity index (χ0v) is 16.6. The topological polar surface area (TPSA) is 71.1 Å². The second-order valence-corrected chi connectivity index (χ2v) is 7.45. The number of benzene rings is 2. The van der Waals surface area contributed by atoms with Crippen LogP contribution >= 0.6 is 0 Å². The molecule has 0 aliphatic heterocycles. The van der Waals surface area contributed by atoms with Crippen molar-refractivity contribution < 1.29 is 26.8 Å². The Morgan fingerprint density at radius 2 is 1.39 bits per heavy atom. The fourth-order valence-corrected chi connectivity index (χ4v) is 3.06. The van der Waals surface area contributed by atoms with Gasteiger partial charge in [-0.1, -0.05) is 23.6 Å². The summed E-state index contributed by atoms with van der Waals surface area (Å²) in [6.45, 7) is 3.54. The quantitative estimate of drug-likeness (QED) is 0.308. The van der Waals surface area contributed by atoms with Crippen molar-refractivity contribution in [3.05, 3.63) is 59.7 Å². The van der Waals surface area contributed by atoms with E-state index >= 15 is 0 Å². The van der Waals surface area contributed by atoms with Gasteiger partial charge in [0.05, 0.1) is 37.9 Å². The molecular weight excluding hydrogens is 380 g/mol. The summed E-state index contributed by atoms with van der Waals surface area (Å²) >= 11 is 0. The summed E-state index contributed by atoms with van der Waals surface area (Å²) in [6, 6.07) is 13.7. The van der Waals surface area contributed by atoms with Crippen LogP contribution in [0.3, 0.4) is 0 Å². The van der Waals surface area contributed by atoms with Crippen molar-refractivity contribution >= 4 is 10.1 Å². The molecule has 0 saturated heterocycles. The van der Waals surface area contributed by atoms with Crippen molar-refractivity contribution in [1.82, 2.24) is 0 Å². The minimum absolute atomic E-state index is 0.0486. The molecule has 0 fully saturated rings. The van der Waals surface area contributed by atoms with Crippen LogP contribution in [-0.4, -0.2) is 48.1 Å². The third kappa shape index (κ3) is 7.71. The lowest BCUT2D eigenvalue weighted by molar-refractivity contribution is 0.0279. The molecule has 7 heteroatoms. The Morgan fingerprint density at radius 3 is 2.00 bits per heavy atom. The van der Waals surface area contributed by atoms with E-state index in [1.807, 2.05) is 31.2 Å². The lowest BCUT2D eigenvalue weighted by atomic mass is 10.2. The maximum atomic E-state index is 12.0. The van der Waals surface area contributed by atoms with Crippen LogP contribution in [0.5, 0.6) is 5.75 Å². The Morgan fingerprint density at radius 1 is 0.821 bits per heavy atom. The molecule has 0 aromatic heterocycles. The third-order valence-electron chi connectivity index (χ3n) is 3.67. The van der Waals surface area contributed by atoms with Gasteiger partial charge in [-0.3, -0.25) is 4.18 Å². The molecule has 2 aromatic rings. The first kappa shape index (κ1) is 21.9. The van der Waals surface area contributed by atoms with Crippen LogP contribution < -0.4 is 4.74 Å². The van der Waals surface area contributed by atoms with Crippen LogP contribution in [0, 0.1) is 19.3 Å². The first-order valence-corrected chi connectivity index (χ1v) is 10.2. The summed E-state index contributed by atoms with van der Waals surface area (Å²) in [5.74, 6) is 3.27. The molecule has 0 radical (unpaired) electrons. The van der Waals surface area contributed by atoms with Gasteiger partial charge in [0, 0.05) is 5.56 Å². The van der Waals surface area contributed by atoms with Gasteiger partial charge in [-0.15, -0.1) is 6.42 Å². The van der Waals surface area contributed by atoms with Crippen molar-refractivity contribution in [3.63, 3.8) is 0 Å². The lowest BCUT2D eigenvalue weighted by Crippen LogP contribution is -2.14. The molecule has 0 aliphatic rings. The number of terminal acetylenes is 1. The Balaban J connectivity index is 1.49. The molecular formula is C21H24O6S. The molecule has 0 amide bonds. The molecule has 28 heavy (non-hydrogen) atoms. The first-order chi connectivity index (χ1) is 13.5. The molecule has 0 saturated carbocycles. The van der Waals surface area contributed by atoms with Crippen LogP contribution in [0.25, 0.3) is 0 Å². The largest absolute Gasteiger partial charge is 0.491 e. The summed E-state index contributed by atoms with van der Waals surface area (Å²) in [5.41, 5.74) is 1.78. The normalized spacial score (nSPS) is 11.1. The van der Waals surface area contributed by atoms with Crippen molar-refractivity contribution in [1.29, 1.82) is 0 Å². The minimum atomic E-state index is -3.75. The van der Waals surface area contributed by atoms with Gasteiger partial charge in [0.15, 0.2) is 0 Å². The van der Waals surface area contributed by atoms with E-state index in [4.69, 9.17) is 24.8 Å². The summed E-state index contributed by atoms with van der Waals surface area (Å²) in [5, 5.41) is 0. The van der Waals surface area contributed by atoms with E-state index in [0.717, 1.165) is 16.9 Å². The molecule has 0 unspecified atom stereocenters. The molecule has 0 N–H and O–H groups in total. The van der Waals surface area contributed by atoms with Crippen molar-refractivity contribution in [2.75, 3.05) is 39.6 Å². The van der Waals surface area contributed by atoms with Gasteiger partial charge >= 0.3 is 0 Å². The van der Waals surface area contributed by atoms with Crippen LogP contribution in [-0.2, 0) is 23.8 Å². The first-order valence-electron chi connectivity index (χ1n) is 8.82. The zero-order valence-electron chi connectivity index (χ0n) is 15.8.